The van der Waals surface area contributed by atoms with Gasteiger partial charge in [-0.25, -0.2) is 4.79 Å². The molecule has 0 spiro atoms. The molecule has 6 heteroatoms. The third-order valence-electron chi connectivity index (χ3n) is 3.05. The molecule has 2 rings (SSSR count). The first-order chi connectivity index (χ1) is 10.3. The lowest BCUT2D eigenvalue weighted by molar-refractivity contribution is -0.116. The van der Waals surface area contributed by atoms with Gasteiger partial charge in [0.05, 0.1) is 5.56 Å². The molecule has 0 radical (unpaired) electrons. The topological polar surface area (TPSA) is 88.4 Å². The molecule has 2 N–H and O–H groups in total. The van der Waals surface area contributed by atoms with E-state index < -0.39 is 17.4 Å². The first-order valence-corrected chi connectivity index (χ1v) is 6.67. The SMILES string of the molecule is Cc1cc(C)cc(NC(=O)Cn2cc(C(=O)O)ccc2=O)c1. The van der Waals surface area contributed by atoms with Gasteiger partial charge in [-0.05, 0) is 43.2 Å². The van der Waals surface area contributed by atoms with Gasteiger partial charge in [0.1, 0.15) is 6.54 Å². The van der Waals surface area contributed by atoms with E-state index in [9.17, 15) is 14.4 Å². The van der Waals surface area contributed by atoms with Crippen LogP contribution in [-0.4, -0.2) is 21.6 Å². The minimum Gasteiger partial charge on any atom is -0.478 e. The molecule has 0 bridgehead atoms. The van der Waals surface area contributed by atoms with Crippen LogP contribution < -0.4 is 10.9 Å². The maximum atomic E-state index is 12.0. The number of amides is 1. The number of hydrogen-bond acceptors (Lipinski definition) is 3. The number of aromatic carboxylic acids is 1. The number of pyridine rings is 1. The molecule has 0 unspecified atom stereocenters. The van der Waals surface area contributed by atoms with Gasteiger partial charge in [-0.15, -0.1) is 0 Å². The van der Waals surface area contributed by atoms with Crippen molar-refractivity contribution in [2.75, 3.05) is 5.32 Å². The second kappa shape index (κ2) is 6.26. The molecular formula is C16H16N2O4. The summed E-state index contributed by atoms with van der Waals surface area (Å²) in [6.07, 6.45) is 1.16. The Balaban J connectivity index is 2.17. The zero-order chi connectivity index (χ0) is 16.3. The van der Waals surface area contributed by atoms with Crippen LogP contribution in [0.25, 0.3) is 0 Å². The third kappa shape index (κ3) is 3.82. The average molecular weight is 300 g/mol. The lowest BCUT2D eigenvalue weighted by Crippen LogP contribution is -2.27. The monoisotopic (exact) mass is 300 g/mol. The van der Waals surface area contributed by atoms with Crippen molar-refractivity contribution in [1.82, 2.24) is 4.57 Å². The Morgan fingerprint density at radius 3 is 2.36 bits per heavy atom. The number of carbonyl (C=O) groups excluding carboxylic acids is 1. The number of anilines is 1. The van der Waals surface area contributed by atoms with Gasteiger partial charge in [-0.3, -0.25) is 9.59 Å². The summed E-state index contributed by atoms with van der Waals surface area (Å²) >= 11 is 0. The normalized spacial score (nSPS) is 10.3. The fourth-order valence-corrected chi connectivity index (χ4v) is 2.18. The number of nitrogens with one attached hydrogen (secondary N) is 1. The Kier molecular flexibility index (Phi) is 4.41. The van der Waals surface area contributed by atoms with Crippen LogP contribution >= 0.6 is 0 Å². The van der Waals surface area contributed by atoms with Crippen molar-refractivity contribution in [3.05, 3.63) is 63.6 Å². The van der Waals surface area contributed by atoms with Crippen molar-refractivity contribution in [2.45, 2.75) is 20.4 Å². The summed E-state index contributed by atoms with van der Waals surface area (Å²) in [6, 6.07) is 7.97. The highest BCUT2D eigenvalue weighted by molar-refractivity contribution is 5.91. The van der Waals surface area contributed by atoms with E-state index in [0.717, 1.165) is 28.0 Å². The van der Waals surface area contributed by atoms with Gasteiger partial charge >= 0.3 is 5.97 Å². The molecule has 2 aromatic rings. The zero-order valence-corrected chi connectivity index (χ0v) is 12.3. The quantitative estimate of drug-likeness (QED) is 0.901. The maximum Gasteiger partial charge on any atom is 0.337 e. The molecule has 22 heavy (non-hydrogen) atoms. The molecule has 114 valence electrons. The molecule has 6 nitrogen and oxygen atoms in total. The molecule has 1 amide bonds. The van der Waals surface area contributed by atoms with Crippen LogP contribution in [0.4, 0.5) is 5.69 Å². The van der Waals surface area contributed by atoms with E-state index in [1.165, 1.54) is 6.07 Å². The van der Waals surface area contributed by atoms with Crippen LogP contribution in [-0.2, 0) is 11.3 Å². The third-order valence-corrected chi connectivity index (χ3v) is 3.05. The minimum absolute atomic E-state index is 0.0428. The Morgan fingerprint density at radius 1 is 1.14 bits per heavy atom. The molecule has 0 aliphatic heterocycles. The van der Waals surface area contributed by atoms with Gasteiger partial charge in [0.15, 0.2) is 0 Å². The highest BCUT2D eigenvalue weighted by Crippen LogP contribution is 2.13. The van der Waals surface area contributed by atoms with E-state index in [2.05, 4.69) is 5.32 Å². The standard InChI is InChI=1S/C16H16N2O4/c1-10-5-11(2)7-13(6-10)17-14(19)9-18-8-12(16(21)22)3-4-15(18)20/h3-8H,9H2,1-2H3,(H,17,19)(H,21,22). The van der Waals surface area contributed by atoms with E-state index >= 15 is 0 Å². The van der Waals surface area contributed by atoms with Crippen LogP contribution in [0.2, 0.25) is 0 Å². The Bertz CT molecular complexity index is 773. The lowest BCUT2D eigenvalue weighted by atomic mass is 10.1. The van der Waals surface area contributed by atoms with Gasteiger partial charge in [0.2, 0.25) is 5.91 Å². The van der Waals surface area contributed by atoms with E-state index in [1.54, 1.807) is 0 Å². The number of carbonyl (C=O) groups is 2. The summed E-state index contributed by atoms with van der Waals surface area (Å²) in [5, 5.41) is 11.6. The highest BCUT2D eigenvalue weighted by Gasteiger charge is 2.09. The minimum atomic E-state index is -1.15. The largest absolute Gasteiger partial charge is 0.478 e. The number of carboxylic acids is 1. The summed E-state index contributed by atoms with van der Waals surface area (Å²) in [7, 11) is 0. The number of carboxylic acid groups (broad SMARTS) is 1. The predicted molar refractivity (Wildman–Crippen MR) is 82.2 cm³/mol. The molecule has 1 heterocycles. The summed E-state index contributed by atoms with van der Waals surface area (Å²) in [5.41, 5.74) is 2.20. The number of aryl methyl sites for hydroxylation is 2. The summed E-state index contributed by atoms with van der Waals surface area (Å²) < 4.78 is 1.07. The van der Waals surface area contributed by atoms with Crippen LogP contribution in [0.3, 0.4) is 0 Å². The van der Waals surface area contributed by atoms with E-state index in [0.29, 0.717) is 5.69 Å². The van der Waals surface area contributed by atoms with Crippen molar-refractivity contribution in [3.8, 4) is 0 Å². The lowest BCUT2D eigenvalue weighted by Gasteiger charge is -2.09. The van der Waals surface area contributed by atoms with E-state index in [1.807, 2.05) is 32.0 Å². The number of rotatable bonds is 4. The molecule has 0 aliphatic rings. The van der Waals surface area contributed by atoms with Crippen molar-refractivity contribution in [2.24, 2.45) is 0 Å². The van der Waals surface area contributed by atoms with E-state index in [4.69, 9.17) is 5.11 Å². The van der Waals surface area contributed by atoms with Crippen molar-refractivity contribution in [3.63, 3.8) is 0 Å². The first-order valence-electron chi connectivity index (χ1n) is 6.67. The molecule has 0 atom stereocenters. The Hall–Kier alpha value is -2.89. The van der Waals surface area contributed by atoms with Crippen LogP contribution in [0.5, 0.6) is 0 Å². The molecule has 1 aromatic heterocycles. The fraction of sp³-hybridized carbons (Fsp3) is 0.188. The molecular weight excluding hydrogens is 284 g/mol. The summed E-state index contributed by atoms with van der Waals surface area (Å²) in [6.45, 7) is 3.60. The molecule has 0 saturated heterocycles. The molecule has 0 aliphatic carbocycles. The van der Waals surface area contributed by atoms with E-state index in [-0.39, 0.29) is 12.1 Å². The van der Waals surface area contributed by atoms with Crippen LogP contribution in [0.1, 0.15) is 21.5 Å². The number of benzene rings is 1. The van der Waals surface area contributed by atoms with Gasteiger partial charge in [-0.2, -0.15) is 0 Å². The van der Waals surface area contributed by atoms with Crippen molar-refractivity contribution in [1.29, 1.82) is 0 Å². The number of hydrogen-bond donors (Lipinski definition) is 2. The average Bonchev–Trinajstić information content (AvgIpc) is 2.39. The summed E-state index contributed by atoms with van der Waals surface area (Å²) in [4.78, 5) is 34.6. The second-order valence-corrected chi connectivity index (χ2v) is 5.11. The predicted octanol–water partition coefficient (Wildman–Crippen LogP) is 1.80. The molecule has 0 saturated carbocycles. The maximum absolute atomic E-state index is 12.0. The van der Waals surface area contributed by atoms with Crippen molar-refractivity contribution >= 4 is 17.6 Å². The second-order valence-electron chi connectivity index (χ2n) is 5.11. The van der Waals surface area contributed by atoms with Crippen molar-refractivity contribution < 1.29 is 14.7 Å². The smallest absolute Gasteiger partial charge is 0.337 e. The highest BCUT2D eigenvalue weighted by atomic mass is 16.4. The Morgan fingerprint density at radius 2 is 1.77 bits per heavy atom. The van der Waals surface area contributed by atoms with Gasteiger partial charge in [0.25, 0.3) is 5.56 Å². The van der Waals surface area contributed by atoms with Gasteiger partial charge < -0.3 is 15.0 Å². The number of nitrogens with zero attached hydrogens (tertiary/aromatic N) is 1. The zero-order valence-electron chi connectivity index (χ0n) is 12.3. The summed E-state index contributed by atoms with van der Waals surface area (Å²) in [5.74, 6) is -1.54. The molecule has 1 aromatic carbocycles. The van der Waals surface area contributed by atoms with Gasteiger partial charge in [-0.1, -0.05) is 6.07 Å². The Labute approximate surface area is 127 Å². The number of aromatic nitrogens is 1. The van der Waals surface area contributed by atoms with Crippen LogP contribution in [0, 0.1) is 13.8 Å². The first kappa shape index (κ1) is 15.5. The van der Waals surface area contributed by atoms with Crippen LogP contribution in [0.15, 0.2) is 41.3 Å². The fourth-order valence-electron chi connectivity index (χ4n) is 2.18. The molecule has 0 fully saturated rings. The van der Waals surface area contributed by atoms with Gasteiger partial charge in [0, 0.05) is 18.0 Å².